The van der Waals surface area contributed by atoms with Crippen LogP contribution in [0.25, 0.3) is 11.1 Å². The van der Waals surface area contributed by atoms with Gasteiger partial charge in [0.05, 0.1) is 7.11 Å². The van der Waals surface area contributed by atoms with Crippen molar-refractivity contribution < 1.29 is 19.0 Å². The van der Waals surface area contributed by atoms with Crippen LogP contribution in [0.5, 0.6) is 17.8 Å². The zero-order chi connectivity index (χ0) is 22.3. The maximum Gasteiger partial charge on any atom is 0.342 e. The molecule has 4 rings (SSSR count). The molecule has 32 heavy (non-hydrogen) atoms. The van der Waals surface area contributed by atoms with Gasteiger partial charge in [-0.3, -0.25) is 0 Å². The molecule has 1 aromatic heterocycles. The first kappa shape index (κ1) is 21.0. The third kappa shape index (κ3) is 4.89. The molecule has 0 amide bonds. The standard InChI is InChI=1S/C25H21N3O4/c1-17-26-24(30-2)28-25(27-17)32-21-15-9-14-20(19-12-7-4-8-13-19)22(21)23(29)31-16-18-10-5-3-6-11-18/h3-15H,16H2,1-2H3. The van der Waals surface area contributed by atoms with Crippen LogP contribution in [-0.2, 0) is 11.3 Å². The largest absolute Gasteiger partial charge is 0.467 e. The fourth-order valence-electron chi connectivity index (χ4n) is 3.15. The summed E-state index contributed by atoms with van der Waals surface area (Å²) in [6, 6.07) is 24.5. The van der Waals surface area contributed by atoms with Crippen LogP contribution in [0.4, 0.5) is 0 Å². The number of benzene rings is 3. The predicted molar refractivity (Wildman–Crippen MR) is 119 cm³/mol. The number of hydrogen-bond acceptors (Lipinski definition) is 7. The summed E-state index contributed by atoms with van der Waals surface area (Å²) in [7, 11) is 1.46. The van der Waals surface area contributed by atoms with Gasteiger partial charge in [0.25, 0.3) is 0 Å². The highest BCUT2D eigenvalue weighted by molar-refractivity contribution is 6.00. The van der Waals surface area contributed by atoms with E-state index in [0.29, 0.717) is 11.4 Å². The number of aromatic nitrogens is 3. The fraction of sp³-hybridized carbons (Fsp3) is 0.120. The maximum absolute atomic E-state index is 13.2. The number of methoxy groups -OCH3 is 1. The Morgan fingerprint density at radius 1 is 0.812 bits per heavy atom. The van der Waals surface area contributed by atoms with Gasteiger partial charge < -0.3 is 14.2 Å². The second kappa shape index (κ2) is 9.70. The first-order valence-corrected chi connectivity index (χ1v) is 9.98. The average molecular weight is 427 g/mol. The number of rotatable bonds is 7. The van der Waals surface area contributed by atoms with E-state index in [1.54, 1.807) is 19.1 Å². The Hall–Kier alpha value is -4.26. The van der Waals surface area contributed by atoms with Gasteiger partial charge in [0.15, 0.2) is 0 Å². The summed E-state index contributed by atoms with van der Waals surface area (Å²) in [6.07, 6.45) is 0. The van der Waals surface area contributed by atoms with Gasteiger partial charge in [-0.05, 0) is 29.7 Å². The molecule has 7 nitrogen and oxygen atoms in total. The molecule has 1 heterocycles. The van der Waals surface area contributed by atoms with E-state index in [9.17, 15) is 4.79 Å². The summed E-state index contributed by atoms with van der Waals surface area (Å²) >= 11 is 0. The van der Waals surface area contributed by atoms with Crippen LogP contribution in [0.3, 0.4) is 0 Å². The zero-order valence-electron chi connectivity index (χ0n) is 17.7. The van der Waals surface area contributed by atoms with E-state index in [2.05, 4.69) is 15.0 Å². The second-order valence-corrected chi connectivity index (χ2v) is 6.86. The minimum atomic E-state index is -0.513. The van der Waals surface area contributed by atoms with Gasteiger partial charge >= 0.3 is 18.0 Å². The van der Waals surface area contributed by atoms with Crippen molar-refractivity contribution in [3.05, 3.63) is 95.8 Å². The van der Waals surface area contributed by atoms with E-state index in [4.69, 9.17) is 14.2 Å². The molecular weight excluding hydrogens is 406 g/mol. The lowest BCUT2D eigenvalue weighted by Crippen LogP contribution is -2.10. The number of aryl methyl sites for hydroxylation is 1. The van der Waals surface area contributed by atoms with E-state index < -0.39 is 5.97 Å². The lowest BCUT2D eigenvalue weighted by molar-refractivity contribution is 0.0470. The van der Waals surface area contributed by atoms with Crippen LogP contribution in [0.15, 0.2) is 78.9 Å². The molecule has 0 spiro atoms. The lowest BCUT2D eigenvalue weighted by Gasteiger charge is -2.15. The summed E-state index contributed by atoms with van der Waals surface area (Å²) in [6.45, 7) is 1.84. The first-order chi connectivity index (χ1) is 15.6. The van der Waals surface area contributed by atoms with Crippen molar-refractivity contribution in [2.75, 3.05) is 7.11 Å². The van der Waals surface area contributed by atoms with E-state index in [0.717, 1.165) is 11.1 Å². The summed E-state index contributed by atoms with van der Waals surface area (Å²) < 4.78 is 16.6. The van der Waals surface area contributed by atoms with Crippen LogP contribution in [-0.4, -0.2) is 28.0 Å². The van der Waals surface area contributed by atoms with Crippen LogP contribution in [0.2, 0.25) is 0 Å². The monoisotopic (exact) mass is 427 g/mol. The van der Waals surface area contributed by atoms with Crippen LogP contribution in [0.1, 0.15) is 21.7 Å². The molecular formula is C25H21N3O4. The average Bonchev–Trinajstić information content (AvgIpc) is 2.83. The van der Waals surface area contributed by atoms with Crippen molar-refractivity contribution in [2.45, 2.75) is 13.5 Å². The molecule has 0 N–H and O–H groups in total. The second-order valence-electron chi connectivity index (χ2n) is 6.86. The summed E-state index contributed by atoms with van der Waals surface area (Å²) in [5, 5.41) is 0. The number of carbonyl (C=O) groups is 1. The number of esters is 1. The van der Waals surface area contributed by atoms with E-state index in [1.165, 1.54) is 7.11 Å². The van der Waals surface area contributed by atoms with Crippen molar-refractivity contribution in [1.82, 2.24) is 15.0 Å². The minimum Gasteiger partial charge on any atom is -0.467 e. The number of hydrogen-bond donors (Lipinski definition) is 0. The molecule has 0 unspecified atom stereocenters. The third-order valence-electron chi connectivity index (χ3n) is 4.62. The van der Waals surface area contributed by atoms with E-state index in [-0.39, 0.29) is 29.9 Å². The highest BCUT2D eigenvalue weighted by Crippen LogP contribution is 2.33. The Kier molecular flexibility index (Phi) is 6.36. The molecule has 0 bridgehead atoms. The van der Waals surface area contributed by atoms with Crippen LogP contribution >= 0.6 is 0 Å². The highest BCUT2D eigenvalue weighted by Gasteiger charge is 2.22. The molecule has 0 atom stereocenters. The minimum absolute atomic E-state index is 0.0247. The third-order valence-corrected chi connectivity index (χ3v) is 4.62. The lowest BCUT2D eigenvalue weighted by atomic mass is 9.99. The molecule has 0 aliphatic carbocycles. The maximum atomic E-state index is 13.2. The van der Waals surface area contributed by atoms with Gasteiger partial charge in [0.1, 0.15) is 23.7 Å². The molecule has 0 fully saturated rings. The zero-order valence-corrected chi connectivity index (χ0v) is 17.7. The van der Waals surface area contributed by atoms with Crippen LogP contribution in [0, 0.1) is 6.92 Å². The van der Waals surface area contributed by atoms with Gasteiger partial charge in [-0.1, -0.05) is 72.8 Å². The van der Waals surface area contributed by atoms with Gasteiger partial charge in [0.2, 0.25) is 0 Å². The summed E-state index contributed by atoms with van der Waals surface area (Å²) in [5.74, 6) is 0.192. The normalized spacial score (nSPS) is 10.4. The van der Waals surface area contributed by atoms with Gasteiger partial charge in [-0.15, -0.1) is 4.98 Å². The van der Waals surface area contributed by atoms with Gasteiger partial charge in [-0.25, -0.2) is 4.79 Å². The quantitative estimate of drug-likeness (QED) is 0.384. The first-order valence-electron chi connectivity index (χ1n) is 9.98. The number of carbonyl (C=O) groups excluding carboxylic acids is 1. The van der Waals surface area contributed by atoms with Crippen molar-refractivity contribution in [3.8, 4) is 28.9 Å². The molecule has 3 aromatic carbocycles. The predicted octanol–water partition coefficient (Wildman–Crippen LogP) is 5.00. The number of nitrogens with zero attached hydrogens (tertiary/aromatic N) is 3. The molecule has 0 aliphatic heterocycles. The molecule has 7 heteroatoms. The van der Waals surface area contributed by atoms with Gasteiger partial charge in [-0.2, -0.15) is 9.97 Å². The fourth-order valence-corrected chi connectivity index (χ4v) is 3.15. The van der Waals surface area contributed by atoms with Crippen molar-refractivity contribution in [2.24, 2.45) is 0 Å². The Balaban J connectivity index is 1.72. The van der Waals surface area contributed by atoms with Crippen molar-refractivity contribution in [1.29, 1.82) is 0 Å². The van der Waals surface area contributed by atoms with Gasteiger partial charge in [0, 0.05) is 0 Å². The van der Waals surface area contributed by atoms with E-state index in [1.807, 2.05) is 66.7 Å². The molecule has 0 saturated carbocycles. The van der Waals surface area contributed by atoms with Crippen molar-refractivity contribution >= 4 is 5.97 Å². The smallest absolute Gasteiger partial charge is 0.342 e. The molecule has 160 valence electrons. The molecule has 4 aromatic rings. The van der Waals surface area contributed by atoms with Crippen LogP contribution < -0.4 is 9.47 Å². The molecule has 0 radical (unpaired) electrons. The highest BCUT2D eigenvalue weighted by atomic mass is 16.5. The molecule has 0 saturated heterocycles. The van der Waals surface area contributed by atoms with Crippen molar-refractivity contribution in [3.63, 3.8) is 0 Å². The Morgan fingerprint density at radius 2 is 1.50 bits per heavy atom. The number of ether oxygens (including phenoxy) is 3. The SMILES string of the molecule is COc1nc(C)nc(Oc2cccc(-c3ccccc3)c2C(=O)OCc2ccccc2)n1. The summed E-state index contributed by atoms with van der Waals surface area (Å²) in [5.41, 5.74) is 2.71. The topological polar surface area (TPSA) is 83.4 Å². The summed E-state index contributed by atoms with van der Waals surface area (Å²) in [4.78, 5) is 25.6. The Morgan fingerprint density at radius 3 is 2.22 bits per heavy atom. The van der Waals surface area contributed by atoms with E-state index >= 15 is 0 Å². The Bertz CT molecular complexity index is 1210. The Labute approximate surface area is 185 Å². The molecule has 0 aliphatic rings.